The Kier molecular flexibility index (Phi) is 5.28. The Labute approximate surface area is 183 Å². The van der Waals surface area contributed by atoms with Crippen LogP contribution in [0.1, 0.15) is 11.4 Å². The molecule has 31 heavy (non-hydrogen) atoms. The van der Waals surface area contributed by atoms with Crippen molar-refractivity contribution < 1.29 is 0 Å². The number of aromatic nitrogens is 7. The van der Waals surface area contributed by atoms with E-state index in [-0.39, 0.29) is 0 Å². The fourth-order valence-corrected chi connectivity index (χ4v) is 4.20. The third kappa shape index (κ3) is 3.97. The Morgan fingerprint density at radius 3 is 2.26 bits per heavy atom. The Hall–Kier alpha value is -3.78. The van der Waals surface area contributed by atoms with Gasteiger partial charge in [0.25, 0.3) is 0 Å². The van der Waals surface area contributed by atoms with Gasteiger partial charge in [-0.15, -0.1) is 15.3 Å². The number of para-hydroxylation sites is 2. The monoisotopic (exact) mass is 425 g/mol. The second-order valence-electron chi connectivity index (χ2n) is 6.98. The smallest absolute Gasteiger partial charge is 0.196 e. The molecule has 3 aromatic carbocycles. The third-order valence-electron chi connectivity index (χ3n) is 4.79. The molecule has 0 saturated carbocycles. The summed E-state index contributed by atoms with van der Waals surface area (Å²) in [6.07, 6.45) is 0. The fourth-order valence-electron chi connectivity index (χ4n) is 3.34. The van der Waals surface area contributed by atoms with E-state index in [1.54, 1.807) is 16.4 Å². The van der Waals surface area contributed by atoms with Crippen LogP contribution in [0.4, 0.5) is 0 Å². The van der Waals surface area contributed by atoms with Crippen LogP contribution in [-0.4, -0.2) is 35.0 Å². The van der Waals surface area contributed by atoms with Gasteiger partial charge in [0.2, 0.25) is 0 Å². The number of rotatable bonds is 6. The van der Waals surface area contributed by atoms with Crippen LogP contribution >= 0.6 is 11.8 Å². The van der Waals surface area contributed by atoms with Gasteiger partial charge in [-0.05, 0) is 47.7 Å². The van der Waals surface area contributed by atoms with Crippen molar-refractivity contribution in [3.05, 3.63) is 96.3 Å². The Morgan fingerprint density at radius 2 is 1.52 bits per heavy atom. The highest BCUT2D eigenvalue weighted by atomic mass is 32.2. The van der Waals surface area contributed by atoms with Crippen molar-refractivity contribution in [1.82, 2.24) is 35.0 Å². The summed E-state index contributed by atoms with van der Waals surface area (Å²) in [6.45, 7) is 2.08. The number of tetrazole rings is 1. The molecule has 152 valence electrons. The molecule has 2 heterocycles. The molecule has 0 aliphatic carbocycles. The maximum Gasteiger partial charge on any atom is 0.196 e. The van der Waals surface area contributed by atoms with Crippen molar-refractivity contribution in [3.63, 3.8) is 0 Å². The van der Waals surface area contributed by atoms with Crippen LogP contribution < -0.4 is 0 Å². The topological polar surface area (TPSA) is 74.3 Å². The molecule has 0 bridgehead atoms. The number of thioether (sulfide) groups is 1. The minimum absolute atomic E-state index is 0.556. The van der Waals surface area contributed by atoms with Crippen LogP contribution in [0.15, 0.2) is 90.1 Å². The van der Waals surface area contributed by atoms with E-state index in [0.717, 1.165) is 33.7 Å². The molecule has 0 atom stereocenters. The fraction of sp³-hybridized carbons (Fsp3) is 0.0870. The first-order chi connectivity index (χ1) is 15.3. The largest absolute Gasteiger partial charge is 0.270 e. The van der Waals surface area contributed by atoms with E-state index >= 15 is 0 Å². The van der Waals surface area contributed by atoms with Crippen LogP contribution in [0, 0.1) is 6.92 Å². The number of hydrogen-bond acceptors (Lipinski definition) is 6. The van der Waals surface area contributed by atoms with E-state index in [1.165, 1.54) is 5.56 Å². The van der Waals surface area contributed by atoms with E-state index in [1.807, 2.05) is 54.6 Å². The lowest BCUT2D eigenvalue weighted by molar-refractivity contribution is 0.777. The van der Waals surface area contributed by atoms with Crippen molar-refractivity contribution in [1.29, 1.82) is 0 Å². The van der Waals surface area contributed by atoms with Gasteiger partial charge in [0.1, 0.15) is 0 Å². The molecule has 7 nitrogen and oxygen atoms in total. The molecule has 8 heteroatoms. The molecule has 0 aliphatic rings. The highest BCUT2D eigenvalue weighted by molar-refractivity contribution is 7.98. The normalized spacial score (nSPS) is 11.0. The van der Waals surface area contributed by atoms with Crippen molar-refractivity contribution in [2.24, 2.45) is 0 Å². The SMILES string of the molecule is Cc1cccc(-c2nnc(SCc3nnnn3-c3ccccc3)n2-c2ccccc2)c1. The molecule has 0 spiro atoms. The molecule has 0 radical (unpaired) electrons. The van der Waals surface area contributed by atoms with E-state index in [0.29, 0.717) is 5.75 Å². The summed E-state index contributed by atoms with van der Waals surface area (Å²) >= 11 is 1.55. The minimum atomic E-state index is 0.556. The van der Waals surface area contributed by atoms with Crippen molar-refractivity contribution in [3.8, 4) is 22.8 Å². The maximum atomic E-state index is 4.52. The summed E-state index contributed by atoms with van der Waals surface area (Å²) < 4.78 is 3.83. The van der Waals surface area contributed by atoms with Gasteiger partial charge in [0.05, 0.1) is 11.4 Å². The summed E-state index contributed by atoms with van der Waals surface area (Å²) in [5.41, 5.74) is 4.14. The molecule has 0 unspecified atom stereocenters. The zero-order valence-electron chi connectivity index (χ0n) is 16.8. The van der Waals surface area contributed by atoms with Crippen LogP contribution in [0.5, 0.6) is 0 Å². The lowest BCUT2D eigenvalue weighted by atomic mass is 10.1. The molecule has 2 aromatic heterocycles. The third-order valence-corrected chi connectivity index (χ3v) is 5.71. The Bertz CT molecular complexity index is 1300. The molecule has 0 amide bonds. The standard InChI is InChI=1S/C23H19N7S/c1-17-9-8-10-18(15-17)22-25-26-23(29(22)19-11-4-2-5-12-19)31-16-21-24-27-28-30(21)20-13-6-3-7-14-20/h2-15H,16H2,1H3. The van der Waals surface area contributed by atoms with Crippen LogP contribution in [0.3, 0.4) is 0 Å². The summed E-state index contributed by atoms with van der Waals surface area (Å²) in [7, 11) is 0. The molecule has 0 N–H and O–H groups in total. The van der Waals surface area contributed by atoms with Crippen molar-refractivity contribution >= 4 is 11.8 Å². The average molecular weight is 426 g/mol. The van der Waals surface area contributed by atoms with Crippen LogP contribution in [0.2, 0.25) is 0 Å². The van der Waals surface area contributed by atoms with Gasteiger partial charge >= 0.3 is 0 Å². The predicted octanol–water partition coefficient (Wildman–Crippen LogP) is 4.51. The average Bonchev–Trinajstić information content (AvgIpc) is 3.46. The zero-order chi connectivity index (χ0) is 21.0. The quantitative estimate of drug-likeness (QED) is 0.373. The molecular formula is C23H19N7S. The van der Waals surface area contributed by atoms with E-state index in [4.69, 9.17) is 0 Å². The maximum absolute atomic E-state index is 4.52. The second-order valence-corrected chi connectivity index (χ2v) is 7.92. The molecule has 0 aliphatic heterocycles. The first kappa shape index (κ1) is 19.2. The lowest BCUT2D eigenvalue weighted by Gasteiger charge is -2.10. The van der Waals surface area contributed by atoms with E-state index in [9.17, 15) is 0 Å². The predicted molar refractivity (Wildman–Crippen MR) is 120 cm³/mol. The van der Waals surface area contributed by atoms with Crippen LogP contribution in [-0.2, 0) is 5.75 Å². The Balaban J connectivity index is 1.50. The summed E-state index contributed by atoms with van der Waals surface area (Å²) in [4.78, 5) is 0. The molecule has 0 saturated heterocycles. The highest BCUT2D eigenvalue weighted by Crippen LogP contribution is 2.30. The van der Waals surface area contributed by atoms with Crippen molar-refractivity contribution in [2.75, 3.05) is 0 Å². The number of nitrogens with zero attached hydrogens (tertiary/aromatic N) is 7. The summed E-state index contributed by atoms with van der Waals surface area (Å²) in [5, 5.41) is 22.0. The van der Waals surface area contributed by atoms with Gasteiger partial charge in [-0.2, -0.15) is 4.68 Å². The Morgan fingerprint density at radius 1 is 0.774 bits per heavy atom. The number of aryl methyl sites for hydroxylation is 1. The molecular weight excluding hydrogens is 406 g/mol. The van der Waals surface area contributed by atoms with Crippen molar-refractivity contribution in [2.45, 2.75) is 17.8 Å². The first-order valence-corrected chi connectivity index (χ1v) is 10.8. The van der Waals surface area contributed by atoms with E-state index < -0.39 is 0 Å². The van der Waals surface area contributed by atoms with Gasteiger partial charge in [-0.1, -0.05) is 71.9 Å². The lowest BCUT2D eigenvalue weighted by Crippen LogP contribution is -2.03. The molecule has 5 aromatic rings. The molecule has 0 fully saturated rings. The van der Waals surface area contributed by atoms with Gasteiger partial charge < -0.3 is 0 Å². The zero-order valence-corrected chi connectivity index (χ0v) is 17.6. The highest BCUT2D eigenvalue weighted by Gasteiger charge is 2.18. The van der Waals surface area contributed by atoms with Gasteiger partial charge in [-0.3, -0.25) is 4.57 Å². The summed E-state index contributed by atoms with van der Waals surface area (Å²) in [6, 6.07) is 28.3. The summed E-state index contributed by atoms with van der Waals surface area (Å²) in [5.74, 6) is 2.11. The van der Waals surface area contributed by atoms with Gasteiger partial charge in [0.15, 0.2) is 16.8 Å². The number of hydrogen-bond donors (Lipinski definition) is 0. The minimum Gasteiger partial charge on any atom is -0.270 e. The van der Waals surface area contributed by atoms with E-state index in [2.05, 4.69) is 67.5 Å². The van der Waals surface area contributed by atoms with Gasteiger partial charge in [0, 0.05) is 11.3 Å². The first-order valence-electron chi connectivity index (χ1n) is 9.83. The van der Waals surface area contributed by atoms with Crippen LogP contribution in [0.25, 0.3) is 22.8 Å². The second kappa shape index (κ2) is 8.53. The van der Waals surface area contributed by atoms with Gasteiger partial charge in [-0.25, -0.2) is 0 Å². The molecule has 5 rings (SSSR count). The number of benzene rings is 3.